The SMILES string of the molecule is Cc1cc(SC(C)C(=O)O)ccc1[N+](=O)[O-]. The fourth-order valence-electron chi connectivity index (χ4n) is 1.16. The Bertz CT molecular complexity index is 433. The van der Waals surface area contributed by atoms with Gasteiger partial charge in [0.1, 0.15) is 5.25 Å². The van der Waals surface area contributed by atoms with Crippen LogP contribution >= 0.6 is 11.8 Å². The van der Waals surface area contributed by atoms with Gasteiger partial charge in [-0.05, 0) is 26.0 Å². The third-order valence-corrected chi connectivity index (χ3v) is 3.11. The Morgan fingerprint density at radius 3 is 2.62 bits per heavy atom. The van der Waals surface area contributed by atoms with Gasteiger partial charge in [-0.25, -0.2) is 0 Å². The number of thioether (sulfide) groups is 1. The van der Waals surface area contributed by atoms with Crippen molar-refractivity contribution in [3.63, 3.8) is 0 Å². The molecule has 0 aliphatic rings. The molecule has 1 aromatic rings. The van der Waals surface area contributed by atoms with Crippen LogP contribution in [0.1, 0.15) is 12.5 Å². The number of aliphatic carboxylic acids is 1. The highest BCUT2D eigenvalue weighted by Gasteiger charge is 2.15. The summed E-state index contributed by atoms with van der Waals surface area (Å²) in [6.07, 6.45) is 0. The lowest BCUT2D eigenvalue weighted by molar-refractivity contribution is -0.385. The van der Waals surface area contributed by atoms with Gasteiger partial charge in [0.2, 0.25) is 0 Å². The van der Waals surface area contributed by atoms with E-state index in [2.05, 4.69) is 0 Å². The average molecular weight is 241 g/mol. The fraction of sp³-hybridized carbons (Fsp3) is 0.300. The van der Waals surface area contributed by atoms with Gasteiger partial charge in [-0.15, -0.1) is 11.8 Å². The van der Waals surface area contributed by atoms with Gasteiger partial charge in [0, 0.05) is 16.5 Å². The molecule has 1 N–H and O–H groups in total. The standard InChI is InChI=1S/C10H11NO4S/c1-6-5-8(16-7(2)10(12)13)3-4-9(6)11(14)15/h3-5,7H,1-2H3,(H,12,13). The van der Waals surface area contributed by atoms with Crippen LogP contribution in [0.2, 0.25) is 0 Å². The molecule has 5 nitrogen and oxygen atoms in total. The second-order valence-electron chi connectivity index (χ2n) is 3.30. The first-order valence-electron chi connectivity index (χ1n) is 4.56. The van der Waals surface area contributed by atoms with E-state index in [1.54, 1.807) is 26.0 Å². The van der Waals surface area contributed by atoms with Crippen molar-refractivity contribution in [2.75, 3.05) is 0 Å². The molecule has 0 spiro atoms. The highest BCUT2D eigenvalue weighted by atomic mass is 32.2. The molecular formula is C10H11NO4S. The summed E-state index contributed by atoms with van der Waals surface area (Å²) >= 11 is 1.16. The van der Waals surface area contributed by atoms with Gasteiger partial charge in [0.15, 0.2) is 0 Å². The summed E-state index contributed by atoms with van der Waals surface area (Å²) in [4.78, 5) is 21.5. The van der Waals surface area contributed by atoms with Crippen molar-refractivity contribution in [3.05, 3.63) is 33.9 Å². The highest BCUT2D eigenvalue weighted by molar-refractivity contribution is 8.00. The zero-order valence-electron chi connectivity index (χ0n) is 8.84. The van der Waals surface area contributed by atoms with Crippen LogP contribution in [-0.4, -0.2) is 21.2 Å². The molecule has 1 rings (SSSR count). The number of nitro groups is 1. The van der Waals surface area contributed by atoms with Crippen molar-refractivity contribution >= 4 is 23.4 Å². The Morgan fingerprint density at radius 1 is 1.56 bits per heavy atom. The number of carbonyl (C=O) groups is 1. The molecule has 0 aliphatic heterocycles. The fourth-order valence-corrected chi connectivity index (χ4v) is 2.06. The minimum Gasteiger partial charge on any atom is -0.480 e. The van der Waals surface area contributed by atoms with Gasteiger partial charge < -0.3 is 5.11 Å². The van der Waals surface area contributed by atoms with Crippen LogP contribution in [0, 0.1) is 17.0 Å². The Morgan fingerprint density at radius 2 is 2.19 bits per heavy atom. The first-order valence-corrected chi connectivity index (χ1v) is 5.44. The van der Waals surface area contributed by atoms with Crippen LogP contribution in [0.25, 0.3) is 0 Å². The van der Waals surface area contributed by atoms with Crippen molar-refractivity contribution in [2.24, 2.45) is 0 Å². The summed E-state index contributed by atoms with van der Waals surface area (Å²) in [7, 11) is 0. The highest BCUT2D eigenvalue weighted by Crippen LogP contribution is 2.28. The van der Waals surface area contributed by atoms with Crippen LogP contribution in [0.3, 0.4) is 0 Å². The van der Waals surface area contributed by atoms with E-state index >= 15 is 0 Å². The minimum atomic E-state index is -0.902. The molecule has 0 fully saturated rings. The summed E-state index contributed by atoms with van der Waals surface area (Å²) in [5.74, 6) is -0.902. The molecule has 0 saturated heterocycles. The third kappa shape index (κ3) is 2.96. The summed E-state index contributed by atoms with van der Waals surface area (Å²) in [6, 6.07) is 4.59. The number of rotatable bonds is 4. The van der Waals surface area contributed by atoms with Crippen molar-refractivity contribution in [1.29, 1.82) is 0 Å². The molecule has 0 radical (unpaired) electrons. The minimum absolute atomic E-state index is 0.0485. The predicted octanol–water partition coefficient (Wildman–Crippen LogP) is 2.47. The average Bonchev–Trinajstić information content (AvgIpc) is 2.16. The largest absolute Gasteiger partial charge is 0.480 e. The molecule has 16 heavy (non-hydrogen) atoms. The van der Waals surface area contributed by atoms with Crippen molar-refractivity contribution < 1.29 is 14.8 Å². The van der Waals surface area contributed by atoms with Crippen LogP contribution in [-0.2, 0) is 4.79 Å². The van der Waals surface area contributed by atoms with Gasteiger partial charge in [0.25, 0.3) is 5.69 Å². The van der Waals surface area contributed by atoms with Gasteiger partial charge in [-0.3, -0.25) is 14.9 Å². The quantitative estimate of drug-likeness (QED) is 0.497. The first-order chi connectivity index (χ1) is 7.41. The van der Waals surface area contributed by atoms with Crippen LogP contribution in [0.5, 0.6) is 0 Å². The first kappa shape index (κ1) is 12.5. The Balaban J connectivity index is 2.89. The maximum Gasteiger partial charge on any atom is 0.316 e. The number of carboxylic acids is 1. The molecule has 0 saturated carbocycles. The zero-order chi connectivity index (χ0) is 12.3. The number of nitrogens with zero attached hydrogens (tertiary/aromatic N) is 1. The Hall–Kier alpha value is -1.56. The van der Waals surface area contributed by atoms with Crippen molar-refractivity contribution in [2.45, 2.75) is 24.0 Å². The lowest BCUT2D eigenvalue weighted by Crippen LogP contribution is -2.11. The second kappa shape index (κ2) is 4.98. The zero-order valence-corrected chi connectivity index (χ0v) is 9.65. The molecule has 0 heterocycles. The number of hydrogen-bond acceptors (Lipinski definition) is 4. The van der Waals surface area contributed by atoms with Crippen LogP contribution in [0.15, 0.2) is 23.1 Å². The van der Waals surface area contributed by atoms with Gasteiger partial charge in [-0.1, -0.05) is 0 Å². The third-order valence-electron chi connectivity index (χ3n) is 2.03. The molecule has 1 aromatic carbocycles. The van der Waals surface area contributed by atoms with Gasteiger partial charge >= 0.3 is 5.97 Å². The molecule has 0 aliphatic carbocycles. The van der Waals surface area contributed by atoms with E-state index in [-0.39, 0.29) is 5.69 Å². The van der Waals surface area contributed by atoms with E-state index in [1.807, 2.05) is 0 Å². The maximum absolute atomic E-state index is 10.6. The van der Waals surface area contributed by atoms with E-state index in [0.29, 0.717) is 5.56 Å². The molecule has 0 amide bonds. The maximum atomic E-state index is 10.6. The molecule has 1 unspecified atom stereocenters. The molecule has 0 bridgehead atoms. The summed E-state index contributed by atoms with van der Waals surface area (Å²) in [5, 5.41) is 18.7. The number of aryl methyl sites for hydroxylation is 1. The second-order valence-corrected chi connectivity index (χ2v) is 4.72. The number of hydrogen-bond donors (Lipinski definition) is 1. The summed E-state index contributed by atoms with van der Waals surface area (Å²) < 4.78 is 0. The summed E-state index contributed by atoms with van der Waals surface area (Å²) in [6.45, 7) is 3.21. The molecule has 1 atom stereocenters. The normalized spacial score (nSPS) is 12.1. The molecule has 0 aromatic heterocycles. The number of benzene rings is 1. The smallest absolute Gasteiger partial charge is 0.316 e. The monoisotopic (exact) mass is 241 g/mol. The topological polar surface area (TPSA) is 80.4 Å². The molecular weight excluding hydrogens is 230 g/mol. The Kier molecular flexibility index (Phi) is 3.89. The van der Waals surface area contributed by atoms with Crippen LogP contribution < -0.4 is 0 Å². The van der Waals surface area contributed by atoms with E-state index in [0.717, 1.165) is 16.7 Å². The van der Waals surface area contributed by atoms with Gasteiger partial charge in [-0.2, -0.15) is 0 Å². The van der Waals surface area contributed by atoms with Gasteiger partial charge in [0.05, 0.1) is 4.92 Å². The summed E-state index contributed by atoms with van der Waals surface area (Å²) in [5.41, 5.74) is 0.583. The molecule has 6 heteroatoms. The number of carboxylic acid groups (broad SMARTS) is 1. The van der Waals surface area contributed by atoms with E-state index < -0.39 is 16.1 Å². The van der Waals surface area contributed by atoms with E-state index in [1.165, 1.54) is 6.07 Å². The Labute approximate surface area is 96.6 Å². The lowest BCUT2D eigenvalue weighted by Gasteiger charge is -2.06. The van der Waals surface area contributed by atoms with Crippen molar-refractivity contribution in [3.8, 4) is 0 Å². The van der Waals surface area contributed by atoms with Crippen molar-refractivity contribution in [1.82, 2.24) is 0 Å². The predicted molar refractivity (Wildman–Crippen MR) is 60.8 cm³/mol. The van der Waals surface area contributed by atoms with E-state index in [9.17, 15) is 14.9 Å². The molecule has 86 valence electrons. The van der Waals surface area contributed by atoms with Crippen LogP contribution in [0.4, 0.5) is 5.69 Å². The lowest BCUT2D eigenvalue weighted by atomic mass is 10.2. The number of nitro benzene ring substituents is 1. The van der Waals surface area contributed by atoms with E-state index in [4.69, 9.17) is 5.11 Å².